The number of methoxy groups -OCH3 is 1. The molecule has 0 saturated carbocycles. The maximum absolute atomic E-state index is 12.9. The molecule has 0 aliphatic carbocycles. The number of alkyl halides is 2. The fourth-order valence-electron chi connectivity index (χ4n) is 1.94. The van der Waals surface area contributed by atoms with Crippen molar-refractivity contribution in [2.45, 2.75) is 31.0 Å². The van der Waals surface area contributed by atoms with Crippen molar-refractivity contribution >= 4 is 21.2 Å². The van der Waals surface area contributed by atoms with Gasteiger partial charge < -0.3 is 4.74 Å². The number of ether oxygens (including phenoxy) is 1. The molecule has 23 heavy (non-hydrogen) atoms. The molecule has 0 saturated heterocycles. The SMILES string of the molecule is COC(C)c1nc(CS(=O)(=O)Cc2nnn(C)c2C(F)F)cs1. The van der Waals surface area contributed by atoms with Crippen molar-refractivity contribution in [3.05, 3.63) is 27.5 Å². The van der Waals surface area contributed by atoms with Crippen molar-refractivity contribution in [3.63, 3.8) is 0 Å². The molecular weight excluding hydrogens is 350 g/mol. The van der Waals surface area contributed by atoms with E-state index in [0.29, 0.717) is 10.7 Å². The lowest BCUT2D eigenvalue weighted by molar-refractivity contribution is 0.119. The van der Waals surface area contributed by atoms with Crippen LogP contribution < -0.4 is 0 Å². The van der Waals surface area contributed by atoms with Crippen molar-refractivity contribution in [1.82, 2.24) is 20.0 Å². The predicted molar refractivity (Wildman–Crippen MR) is 79.8 cm³/mol. The molecule has 0 aliphatic rings. The summed E-state index contributed by atoms with van der Waals surface area (Å²) in [7, 11) is -0.870. The van der Waals surface area contributed by atoms with Crippen molar-refractivity contribution in [2.24, 2.45) is 7.05 Å². The van der Waals surface area contributed by atoms with Gasteiger partial charge >= 0.3 is 0 Å². The van der Waals surface area contributed by atoms with Gasteiger partial charge in [0, 0.05) is 19.5 Å². The van der Waals surface area contributed by atoms with E-state index in [1.807, 2.05) is 0 Å². The van der Waals surface area contributed by atoms with Crippen LogP contribution >= 0.6 is 11.3 Å². The second-order valence-electron chi connectivity index (χ2n) is 4.93. The van der Waals surface area contributed by atoms with Crippen LogP contribution in [0.4, 0.5) is 8.78 Å². The number of sulfone groups is 1. The molecule has 0 fully saturated rings. The summed E-state index contributed by atoms with van der Waals surface area (Å²) >= 11 is 1.29. The van der Waals surface area contributed by atoms with E-state index in [1.165, 1.54) is 25.5 Å². The highest BCUT2D eigenvalue weighted by Crippen LogP contribution is 2.24. The highest BCUT2D eigenvalue weighted by atomic mass is 32.2. The molecule has 0 radical (unpaired) electrons. The Labute approximate surface area is 136 Å². The number of hydrogen-bond acceptors (Lipinski definition) is 7. The van der Waals surface area contributed by atoms with E-state index in [4.69, 9.17) is 4.74 Å². The van der Waals surface area contributed by atoms with Crippen LogP contribution in [-0.4, -0.2) is 35.5 Å². The van der Waals surface area contributed by atoms with Gasteiger partial charge in [-0.25, -0.2) is 26.9 Å². The molecule has 0 aromatic carbocycles. The summed E-state index contributed by atoms with van der Waals surface area (Å²) < 4.78 is 56.3. The monoisotopic (exact) mass is 366 g/mol. The Balaban J connectivity index is 2.15. The fourth-order valence-corrected chi connectivity index (χ4v) is 4.22. The maximum Gasteiger partial charge on any atom is 0.281 e. The molecule has 0 amide bonds. The zero-order chi connectivity index (χ0) is 17.2. The molecule has 0 aliphatic heterocycles. The first-order valence-corrected chi connectivity index (χ1v) is 9.27. The van der Waals surface area contributed by atoms with Gasteiger partial charge in [0.1, 0.15) is 22.5 Å². The Kier molecular flexibility index (Phi) is 5.42. The number of nitrogens with zero attached hydrogens (tertiary/aromatic N) is 4. The number of hydrogen-bond donors (Lipinski definition) is 0. The van der Waals surface area contributed by atoms with E-state index >= 15 is 0 Å². The molecule has 7 nitrogen and oxygen atoms in total. The van der Waals surface area contributed by atoms with Gasteiger partial charge in [0.25, 0.3) is 6.43 Å². The van der Waals surface area contributed by atoms with Gasteiger partial charge in [0.15, 0.2) is 9.84 Å². The zero-order valence-corrected chi connectivity index (χ0v) is 14.4. The summed E-state index contributed by atoms with van der Waals surface area (Å²) in [4.78, 5) is 4.20. The largest absolute Gasteiger partial charge is 0.375 e. The average molecular weight is 366 g/mol. The summed E-state index contributed by atoms with van der Waals surface area (Å²) in [6.45, 7) is 1.80. The minimum absolute atomic E-state index is 0.233. The molecule has 1 atom stereocenters. The summed E-state index contributed by atoms with van der Waals surface area (Å²) in [6, 6.07) is 0. The molecule has 0 N–H and O–H groups in total. The number of thiazole rings is 1. The second-order valence-corrected chi connectivity index (χ2v) is 7.89. The Morgan fingerprint density at radius 2 is 2.09 bits per heavy atom. The minimum Gasteiger partial charge on any atom is -0.375 e. The summed E-state index contributed by atoms with van der Waals surface area (Å²) in [5.41, 5.74) is -0.361. The second kappa shape index (κ2) is 6.97. The van der Waals surface area contributed by atoms with E-state index in [0.717, 1.165) is 4.68 Å². The number of aromatic nitrogens is 4. The third kappa shape index (κ3) is 4.30. The van der Waals surface area contributed by atoms with Crippen molar-refractivity contribution in [3.8, 4) is 0 Å². The maximum atomic E-state index is 12.9. The van der Waals surface area contributed by atoms with Crippen molar-refractivity contribution in [2.75, 3.05) is 7.11 Å². The molecule has 2 rings (SSSR count). The Morgan fingerprint density at radius 1 is 1.39 bits per heavy atom. The first-order chi connectivity index (χ1) is 10.7. The minimum atomic E-state index is -3.70. The van der Waals surface area contributed by atoms with E-state index in [1.54, 1.807) is 12.3 Å². The Bertz CT molecular complexity index is 773. The topological polar surface area (TPSA) is 87.0 Å². The van der Waals surface area contributed by atoms with E-state index in [9.17, 15) is 17.2 Å². The number of rotatable bonds is 7. The highest BCUT2D eigenvalue weighted by molar-refractivity contribution is 7.89. The third-order valence-electron chi connectivity index (χ3n) is 3.15. The van der Waals surface area contributed by atoms with Gasteiger partial charge in [-0.15, -0.1) is 16.4 Å². The predicted octanol–water partition coefficient (Wildman–Crippen LogP) is 2.03. The molecule has 0 bridgehead atoms. The van der Waals surface area contributed by atoms with Crippen molar-refractivity contribution in [1.29, 1.82) is 0 Å². The van der Waals surface area contributed by atoms with Gasteiger partial charge in [-0.05, 0) is 6.92 Å². The van der Waals surface area contributed by atoms with Gasteiger partial charge in [-0.3, -0.25) is 0 Å². The van der Waals surface area contributed by atoms with Gasteiger partial charge in [-0.1, -0.05) is 5.21 Å². The number of halogens is 2. The van der Waals surface area contributed by atoms with E-state index < -0.39 is 27.7 Å². The molecule has 2 aromatic rings. The molecule has 128 valence electrons. The molecular formula is C12H16F2N4O3S2. The lowest BCUT2D eigenvalue weighted by atomic mass is 10.3. The van der Waals surface area contributed by atoms with E-state index in [2.05, 4.69) is 15.3 Å². The van der Waals surface area contributed by atoms with Crippen LogP contribution in [0.2, 0.25) is 0 Å². The lowest BCUT2D eigenvalue weighted by Gasteiger charge is -2.05. The molecule has 1 unspecified atom stereocenters. The Morgan fingerprint density at radius 3 is 2.70 bits per heavy atom. The normalized spacial score (nSPS) is 13.7. The van der Waals surface area contributed by atoms with Crippen LogP contribution in [-0.2, 0) is 33.1 Å². The quantitative estimate of drug-likeness (QED) is 0.745. The first kappa shape index (κ1) is 17.9. The molecule has 0 spiro atoms. The van der Waals surface area contributed by atoms with Crippen LogP contribution in [0.1, 0.15) is 41.5 Å². The van der Waals surface area contributed by atoms with Gasteiger partial charge in [0.05, 0.1) is 17.2 Å². The molecule has 11 heteroatoms. The zero-order valence-electron chi connectivity index (χ0n) is 12.7. The lowest BCUT2D eigenvalue weighted by Crippen LogP contribution is -2.11. The third-order valence-corrected chi connectivity index (χ3v) is 5.65. The van der Waals surface area contributed by atoms with Crippen LogP contribution in [0, 0.1) is 0 Å². The summed E-state index contributed by atoms with van der Waals surface area (Å²) in [6.07, 6.45) is -3.07. The van der Waals surface area contributed by atoms with Crippen LogP contribution in [0.5, 0.6) is 0 Å². The summed E-state index contributed by atoms with van der Waals surface area (Å²) in [5, 5.41) is 9.26. The van der Waals surface area contributed by atoms with Gasteiger partial charge in [-0.2, -0.15) is 0 Å². The highest BCUT2D eigenvalue weighted by Gasteiger charge is 2.25. The molecule has 2 heterocycles. The summed E-state index contributed by atoms with van der Waals surface area (Å²) in [5.74, 6) is -0.952. The molecule has 2 aromatic heterocycles. The van der Waals surface area contributed by atoms with Gasteiger partial charge in [0.2, 0.25) is 0 Å². The van der Waals surface area contributed by atoms with E-state index in [-0.39, 0.29) is 17.6 Å². The Hall–Kier alpha value is -1.46. The van der Waals surface area contributed by atoms with Crippen LogP contribution in [0.15, 0.2) is 5.38 Å². The number of aryl methyl sites for hydroxylation is 1. The average Bonchev–Trinajstić information content (AvgIpc) is 3.04. The van der Waals surface area contributed by atoms with Crippen LogP contribution in [0.25, 0.3) is 0 Å². The first-order valence-electron chi connectivity index (χ1n) is 6.57. The standard InChI is InChI=1S/C12H16F2N4O3S2/c1-7(21-3)12-15-8(4-22-12)5-23(19,20)6-9-10(11(13)14)18(2)17-16-9/h4,7,11H,5-6H2,1-3H3. The van der Waals surface area contributed by atoms with Crippen molar-refractivity contribution < 1.29 is 21.9 Å². The smallest absolute Gasteiger partial charge is 0.281 e. The van der Waals surface area contributed by atoms with Crippen LogP contribution in [0.3, 0.4) is 0 Å². The fraction of sp³-hybridized carbons (Fsp3) is 0.583.